The second-order valence-electron chi connectivity index (χ2n) is 7.70. The van der Waals surface area contributed by atoms with Gasteiger partial charge in [-0.3, -0.25) is 4.79 Å². The average Bonchev–Trinajstić information content (AvgIpc) is 2.50. The lowest BCUT2D eigenvalue weighted by molar-refractivity contribution is -0.142. The highest BCUT2D eigenvalue weighted by Gasteiger charge is 2.51. The van der Waals surface area contributed by atoms with Gasteiger partial charge in [0.25, 0.3) is 0 Å². The van der Waals surface area contributed by atoms with E-state index in [1.165, 1.54) is 32.1 Å². The van der Waals surface area contributed by atoms with Gasteiger partial charge < -0.3 is 10.2 Å². The van der Waals surface area contributed by atoms with Crippen molar-refractivity contribution in [1.29, 1.82) is 0 Å². The number of rotatable bonds is 1. The van der Waals surface area contributed by atoms with Gasteiger partial charge in [-0.15, -0.1) is 0 Å². The second-order valence-corrected chi connectivity index (χ2v) is 7.70. The van der Waals surface area contributed by atoms with E-state index in [1.807, 2.05) is 0 Å². The molecule has 5 aliphatic rings. The molecule has 0 spiro atoms. The SMILES string of the molecule is CC1CNCC(=O)N(C2C3CC4CC(C3)CC2C4)C1. The van der Waals surface area contributed by atoms with Crippen LogP contribution in [0.15, 0.2) is 0 Å². The standard InChI is InChI=1S/C16H26N2O/c1-10-7-17-8-15(19)18(9-10)16-13-3-11-2-12(5-13)6-14(16)4-11/h10-14,16-17H,2-9H2,1H3. The van der Waals surface area contributed by atoms with Crippen molar-refractivity contribution in [1.82, 2.24) is 10.2 Å². The molecule has 3 heteroatoms. The zero-order valence-corrected chi connectivity index (χ0v) is 12.0. The third kappa shape index (κ3) is 2.01. The zero-order chi connectivity index (χ0) is 13.0. The Bertz CT molecular complexity index is 353. The van der Waals surface area contributed by atoms with Gasteiger partial charge >= 0.3 is 0 Å². The van der Waals surface area contributed by atoms with Crippen LogP contribution in [0.4, 0.5) is 0 Å². The van der Waals surface area contributed by atoms with E-state index in [0.29, 0.717) is 24.4 Å². The van der Waals surface area contributed by atoms with Gasteiger partial charge in [0.15, 0.2) is 0 Å². The van der Waals surface area contributed by atoms with Crippen molar-refractivity contribution in [2.75, 3.05) is 19.6 Å². The molecule has 106 valence electrons. The molecule has 3 nitrogen and oxygen atoms in total. The Morgan fingerprint density at radius 2 is 1.68 bits per heavy atom. The number of nitrogens with one attached hydrogen (secondary N) is 1. The van der Waals surface area contributed by atoms with Crippen LogP contribution in [0, 0.1) is 29.6 Å². The fourth-order valence-corrected chi connectivity index (χ4v) is 5.72. The molecule has 1 saturated heterocycles. The minimum Gasteiger partial charge on any atom is -0.338 e. The summed E-state index contributed by atoms with van der Waals surface area (Å²) in [4.78, 5) is 14.7. The molecule has 4 aliphatic carbocycles. The maximum atomic E-state index is 12.4. The second kappa shape index (κ2) is 4.47. The Morgan fingerprint density at radius 1 is 1.05 bits per heavy atom. The number of hydrogen-bond acceptors (Lipinski definition) is 2. The Kier molecular flexibility index (Phi) is 2.87. The molecule has 1 N–H and O–H groups in total. The van der Waals surface area contributed by atoms with Gasteiger partial charge in [-0.05, 0) is 68.2 Å². The lowest BCUT2D eigenvalue weighted by atomic mass is 9.54. The third-order valence-corrected chi connectivity index (χ3v) is 6.13. The number of nitrogens with zero attached hydrogens (tertiary/aromatic N) is 1. The van der Waals surface area contributed by atoms with Crippen LogP contribution in [0.3, 0.4) is 0 Å². The minimum atomic E-state index is 0.363. The van der Waals surface area contributed by atoms with E-state index in [4.69, 9.17) is 0 Å². The first-order valence-electron chi connectivity index (χ1n) is 8.21. The molecule has 1 amide bonds. The van der Waals surface area contributed by atoms with Gasteiger partial charge in [0.2, 0.25) is 5.91 Å². The van der Waals surface area contributed by atoms with Crippen LogP contribution < -0.4 is 5.32 Å². The van der Waals surface area contributed by atoms with Gasteiger partial charge in [-0.2, -0.15) is 0 Å². The van der Waals surface area contributed by atoms with E-state index >= 15 is 0 Å². The lowest BCUT2D eigenvalue weighted by Crippen LogP contribution is -2.58. The molecule has 1 unspecified atom stereocenters. The zero-order valence-electron chi connectivity index (χ0n) is 12.0. The van der Waals surface area contributed by atoms with Crippen molar-refractivity contribution < 1.29 is 4.79 Å². The van der Waals surface area contributed by atoms with Gasteiger partial charge in [0, 0.05) is 12.6 Å². The van der Waals surface area contributed by atoms with Crippen LogP contribution in [-0.2, 0) is 4.79 Å². The van der Waals surface area contributed by atoms with Crippen LogP contribution in [0.5, 0.6) is 0 Å². The van der Waals surface area contributed by atoms with E-state index in [9.17, 15) is 4.79 Å². The van der Waals surface area contributed by atoms with Gasteiger partial charge in [-0.1, -0.05) is 6.92 Å². The molecule has 4 bridgehead atoms. The van der Waals surface area contributed by atoms with Crippen LogP contribution in [0.1, 0.15) is 39.0 Å². The highest BCUT2D eigenvalue weighted by molar-refractivity contribution is 5.79. The fourth-order valence-electron chi connectivity index (χ4n) is 5.72. The molecule has 4 saturated carbocycles. The van der Waals surface area contributed by atoms with Crippen LogP contribution in [-0.4, -0.2) is 36.5 Å². The van der Waals surface area contributed by atoms with Crippen molar-refractivity contribution in [2.24, 2.45) is 29.6 Å². The predicted octanol–water partition coefficient (Wildman–Crippen LogP) is 1.88. The molecule has 1 heterocycles. The largest absolute Gasteiger partial charge is 0.338 e. The molecular formula is C16H26N2O. The maximum Gasteiger partial charge on any atom is 0.236 e. The summed E-state index contributed by atoms with van der Waals surface area (Å²) in [6, 6.07) is 0.586. The van der Waals surface area contributed by atoms with E-state index in [0.717, 1.165) is 36.8 Å². The minimum absolute atomic E-state index is 0.363. The summed E-state index contributed by atoms with van der Waals surface area (Å²) in [6.45, 7) is 4.82. The summed E-state index contributed by atoms with van der Waals surface area (Å²) in [5.74, 6) is 4.61. The molecule has 5 fully saturated rings. The Labute approximate surface area is 116 Å². The molecule has 1 atom stereocenters. The fraction of sp³-hybridized carbons (Fsp3) is 0.938. The molecule has 19 heavy (non-hydrogen) atoms. The van der Waals surface area contributed by atoms with Crippen LogP contribution in [0.25, 0.3) is 0 Å². The summed E-state index contributed by atoms with van der Waals surface area (Å²) in [5, 5.41) is 3.31. The molecule has 0 radical (unpaired) electrons. The van der Waals surface area contributed by atoms with Crippen molar-refractivity contribution in [3.63, 3.8) is 0 Å². The number of amides is 1. The molecule has 0 aromatic heterocycles. The molecule has 0 aromatic carbocycles. The quantitative estimate of drug-likeness (QED) is 0.782. The molecule has 0 aromatic rings. The topological polar surface area (TPSA) is 32.3 Å². The van der Waals surface area contributed by atoms with E-state index in [-0.39, 0.29) is 0 Å². The van der Waals surface area contributed by atoms with Crippen LogP contribution in [0.2, 0.25) is 0 Å². The Morgan fingerprint density at radius 3 is 2.32 bits per heavy atom. The summed E-state index contributed by atoms with van der Waals surface area (Å²) >= 11 is 0. The van der Waals surface area contributed by atoms with E-state index in [2.05, 4.69) is 17.1 Å². The lowest BCUT2D eigenvalue weighted by Gasteiger charge is -2.57. The van der Waals surface area contributed by atoms with Crippen molar-refractivity contribution in [3.8, 4) is 0 Å². The third-order valence-electron chi connectivity index (χ3n) is 6.13. The van der Waals surface area contributed by atoms with E-state index < -0.39 is 0 Å². The van der Waals surface area contributed by atoms with Crippen molar-refractivity contribution in [3.05, 3.63) is 0 Å². The predicted molar refractivity (Wildman–Crippen MR) is 74.6 cm³/mol. The molecule has 5 rings (SSSR count). The van der Waals surface area contributed by atoms with Gasteiger partial charge in [0.05, 0.1) is 6.54 Å². The first-order valence-corrected chi connectivity index (χ1v) is 8.21. The van der Waals surface area contributed by atoms with E-state index in [1.54, 1.807) is 0 Å². The van der Waals surface area contributed by atoms with Gasteiger partial charge in [0.1, 0.15) is 0 Å². The first-order chi connectivity index (χ1) is 9.20. The van der Waals surface area contributed by atoms with Gasteiger partial charge in [-0.25, -0.2) is 0 Å². The summed E-state index contributed by atoms with van der Waals surface area (Å²) < 4.78 is 0. The Hall–Kier alpha value is -0.570. The van der Waals surface area contributed by atoms with Crippen LogP contribution >= 0.6 is 0 Å². The number of carbonyl (C=O) groups is 1. The normalized spacial score (nSPS) is 49.5. The number of carbonyl (C=O) groups excluding carboxylic acids is 1. The number of hydrogen-bond donors (Lipinski definition) is 1. The highest BCUT2D eigenvalue weighted by atomic mass is 16.2. The smallest absolute Gasteiger partial charge is 0.236 e. The highest BCUT2D eigenvalue weighted by Crippen LogP contribution is 2.55. The summed E-state index contributed by atoms with van der Waals surface area (Å²) in [6.07, 6.45) is 7.12. The summed E-state index contributed by atoms with van der Waals surface area (Å²) in [5.41, 5.74) is 0. The first kappa shape index (κ1) is 12.2. The monoisotopic (exact) mass is 262 g/mol. The molecular weight excluding hydrogens is 236 g/mol. The maximum absolute atomic E-state index is 12.4. The summed E-state index contributed by atoms with van der Waals surface area (Å²) in [7, 11) is 0. The molecule has 1 aliphatic heterocycles. The Balaban J connectivity index is 1.58. The van der Waals surface area contributed by atoms with Crippen molar-refractivity contribution >= 4 is 5.91 Å². The average molecular weight is 262 g/mol. The van der Waals surface area contributed by atoms with Crippen molar-refractivity contribution in [2.45, 2.75) is 45.1 Å².